The molecule has 0 saturated carbocycles. The topological polar surface area (TPSA) is 54.9 Å². The summed E-state index contributed by atoms with van der Waals surface area (Å²) in [6.07, 6.45) is 1.83. The van der Waals surface area contributed by atoms with E-state index in [1.54, 1.807) is 24.4 Å². The van der Waals surface area contributed by atoms with Gasteiger partial charge in [0.2, 0.25) is 5.91 Å². The second kappa shape index (κ2) is 4.23. The first kappa shape index (κ1) is 11.4. The van der Waals surface area contributed by atoms with Crippen LogP contribution in [0.1, 0.15) is 5.69 Å². The summed E-state index contributed by atoms with van der Waals surface area (Å²) in [5.74, 6) is 0.429. The third kappa shape index (κ3) is 1.94. The predicted molar refractivity (Wildman–Crippen MR) is 69.8 cm³/mol. The molecule has 90 valence electrons. The predicted octanol–water partition coefficient (Wildman–Crippen LogP) is 2.95. The zero-order chi connectivity index (χ0) is 12.7. The van der Waals surface area contributed by atoms with Gasteiger partial charge in [0.1, 0.15) is 0 Å². The fourth-order valence-electron chi connectivity index (χ4n) is 1.81. The van der Waals surface area contributed by atoms with Gasteiger partial charge in [-0.15, -0.1) is 0 Å². The van der Waals surface area contributed by atoms with Crippen LogP contribution in [0, 0.1) is 0 Å². The van der Waals surface area contributed by atoms with Crippen LogP contribution in [0.15, 0.2) is 24.4 Å². The highest BCUT2D eigenvalue weighted by molar-refractivity contribution is 6.36. The van der Waals surface area contributed by atoms with Crippen molar-refractivity contribution in [2.24, 2.45) is 0 Å². The molecule has 0 aliphatic carbocycles. The van der Waals surface area contributed by atoms with Crippen LogP contribution >= 0.6 is 23.2 Å². The standard InChI is InChI=1S/C12H7Cl2N3O/c13-6-1-2-7(8(14)3-6)10-5-15-12-9(16-10)4-11(18)17-12/h1-3,5H,4H2,(H,15,17,18). The van der Waals surface area contributed by atoms with Crippen molar-refractivity contribution in [3.63, 3.8) is 0 Å². The van der Waals surface area contributed by atoms with Crippen LogP contribution < -0.4 is 5.32 Å². The van der Waals surface area contributed by atoms with E-state index in [0.29, 0.717) is 27.3 Å². The molecule has 4 nitrogen and oxygen atoms in total. The number of hydrogen-bond acceptors (Lipinski definition) is 3. The second-order valence-electron chi connectivity index (χ2n) is 3.90. The summed E-state index contributed by atoms with van der Waals surface area (Å²) < 4.78 is 0. The molecule has 1 aliphatic heterocycles. The molecule has 0 saturated heterocycles. The Morgan fingerprint density at radius 1 is 1.28 bits per heavy atom. The molecule has 0 spiro atoms. The fourth-order valence-corrected chi connectivity index (χ4v) is 2.32. The molecule has 1 aliphatic rings. The highest BCUT2D eigenvalue weighted by Gasteiger charge is 2.21. The van der Waals surface area contributed by atoms with Crippen molar-refractivity contribution in [2.75, 3.05) is 5.32 Å². The van der Waals surface area contributed by atoms with Crippen LogP contribution in [-0.2, 0) is 11.2 Å². The van der Waals surface area contributed by atoms with E-state index in [9.17, 15) is 4.79 Å². The smallest absolute Gasteiger partial charge is 0.231 e. The van der Waals surface area contributed by atoms with Gasteiger partial charge >= 0.3 is 0 Å². The molecule has 6 heteroatoms. The van der Waals surface area contributed by atoms with E-state index in [0.717, 1.165) is 5.56 Å². The lowest BCUT2D eigenvalue weighted by molar-refractivity contribution is -0.115. The zero-order valence-corrected chi connectivity index (χ0v) is 10.6. The van der Waals surface area contributed by atoms with Crippen LogP contribution in [0.5, 0.6) is 0 Å². The molecular weight excluding hydrogens is 273 g/mol. The molecule has 3 rings (SSSR count). The van der Waals surface area contributed by atoms with E-state index in [2.05, 4.69) is 15.3 Å². The Kier molecular flexibility index (Phi) is 2.69. The minimum atomic E-state index is -0.0932. The maximum Gasteiger partial charge on any atom is 0.231 e. The minimum absolute atomic E-state index is 0.0932. The average molecular weight is 280 g/mol. The fraction of sp³-hybridized carbons (Fsp3) is 0.0833. The van der Waals surface area contributed by atoms with Gasteiger partial charge in [0, 0.05) is 10.6 Å². The molecular formula is C12H7Cl2N3O. The lowest BCUT2D eigenvalue weighted by Crippen LogP contribution is -2.04. The van der Waals surface area contributed by atoms with E-state index < -0.39 is 0 Å². The molecule has 1 amide bonds. The van der Waals surface area contributed by atoms with Crippen molar-refractivity contribution >= 4 is 34.9 Å². The second-order valence-corrected chi connectivity index (χ2v) is 4.74. The van der Waals surface area contributed by atoms with Crippen LogP contribution in [-0.4, -0.2) is 15.9 Å². The molecule has 1 aromatic carbocycles. The third-order valence-electron chi connectivity index (χ3n) is 2.64. The molecule has 1 N–H and O–H groups in total. The number of halogens is 2. The molecule has 0 fully saturated rings. The monoisotopic (exact) mass is 279 g/mol. The zero-order valence-electron chi connectivity index (χ0n) is 9.08. The number of carbonyl (C=O) groups excluding carboxylic acids is 1. The molecule has 1 aromatic heterocycles. The van der Waals surface area contributed by atoms with E-state index in [1.807, 2.05) is 0 Å². The van der Waals surface area contributed by atoms with E-state index in [4.69, 9.17) is 23.2 Å². The number of amides is 1. The van der Waals surface area contributed by atoms with E-state index in [1.165, 1.54) is 0 Å². The Balaban J connectivity index is 2.08. The van der Waals surface area contributed by atoms with Crippen LogP contribution in [0.4, 0.5) is 5.82 Å². The summed E-state index contributed by atoms with van der Waals surface area (Å²) in [7, 11) is 0. The van der Waals surface area contributed by atoms with Crippen molar-refractivity contribution in [3.05, 3.63) is 40.1 Å². The quantitative estimate of drug-likeness (QED) is 0.873. The lowest BCUT2D eigenvalue weighted by atomic mass is 10.1. The molecule has 18 heavy (non-hydrogen) atoms. The van der Waals surface area contributed by atoms with Crippen molar-refractivity contribution < 1.29 is 4.79 Å². The number of nitrogens with one attached hydrogen (secondary N) is 1. The first-order valence-electron chi connectivity index (χ1n) is 5.24. The molecule has 0 unspecified atom stereocenters. The number of carbonyl (C=O) groups is 1. The Bertz CT molecular complexity index is 658. The molecule has 0 radical (unpaired) electrons. The number of benzene rings is 1. The maximum atomic E-state index is 11.2. The Morgan fingerprint density at radius 3 is 2.89 bits per heavy atom. The molecule has 2 aromatic rings. The summed E-state index contributed by atoms with van der Waals surface area (Å²) >= 11 is 12.0. The van der Waals surface area contributed by atoms with Crippen LogP contribution in [0.3, 0.4) is 0 Å². The van der Waals surface area contributed by atoms with Crippen LogP contribution in [0.25, 0.3) is 11.3 Å². The highest BCUT2D eigenvalue weighted by Crippen LogP contribution is 2.30. The Labute approximate surface area is 113 Å². The summed E-state index contributed by atoms with van der Waals surface area (Å²) in [5.41, 5.74) is 2.02. The van der Waals surface area contributed by atoms with Gasteiger partial charge in [-0.1, -0.05) is 23.2 Å². The maximum absolute atomic E-state index is 11.2. The van der Waals surface area contributed by atoms with Gasteiger partial charge in [-0.25, -0.2) is 9.97 Å². The van der Waals surface area contributed by atoms with E-state index in [-0.39, 0.29) is 12.3 Å². The number of nitrogens with zero attached hydrogens (tertiary/aromatic N) is 2. The summed E-state index contributed by atoms with van der Waals surface area (Å²) in [6, 6.07) is 5.17. The summed E-state index contributed by atoms with van der Waals surface area (Å²) in [6.45, 7) is 0. The highest BCUT2D eigenvalue weighted by atomic mass is 35.5. The summed E-state index contributed by atoms with van der Waals surface area (Å²) in [5, 5.41) is 3.71. The number of anilines is 1. The first-order valence-corrected chi connectivity index (χ1v) is 6.00. The van der Waals surface area contributed by atoms with Gasteiger partial charge in [0.15, 0.2) is 5.82 Å². The Hall–Kier alpha value is -1.65. The lowest BCUT2D eigenvalue weighted by Gasteiger charge is -2.05. The van der Waals surface area contributed by atoms with Gasteiger partial charge in [0.05, 0.1) is 29.0 Å². The third-order valence-corrected chi connectivity index (χ3v) is 3.19. The SMILES string of the molecule is O=C1Cc2nc(-c3ccc(Cl)cc3Cl)cnc2N1. The van der Waals surface area contributed by atoms with Gasteiger partial charge in [0.25, 0.3) is 0 Å². The van der Waals surface area contributed by atoms with Gasteiger partial charge < -0.3 is 5.32 Å². The summed E-state index contributed by atoms with van der Waals surface area (Å²) in [4.78, 5) is 19.8. The molecule has 0 bridgehead atoms. The normalized spacial score (nSPS) is 13.3. The van der Waals surface area contributed by atoms with Crippen molar-refractivity contribution in [2.45, 2.75) is 6.42 Å². The van der Waals surface area contributed by atoms with Crippen LogP contribution in [0.2, 0.25) is 10.0 Å². The number of rotatable bonds is 1. The van der Waals surface area contributed by atoms with Crippen molar-refractivity contribution in [3.8, 4) is 11.3 Å². The van der Waals surface area contributed by atoms with Crippen molar-refractivity contribution in [1.29, 1.82) is 0 Å². The van der Waals surface area contributed by atoms with Gasteiger partial charge in [-0.05, 0) is 18.2 Å². The first-order chi connectivity index (χ1) is 8.63. The van der Waals surface area contributed by atoms with Crippen molar-refractivity contribution in [1.82, 2.24) is 9.97 Å². The number of aromatic nitrogens is 2. The molecule has 0 atom stereocenters. The minimum Gasteiger partial charge on any atom is -0.309 e. The van der Waals surface area contributed by atoms with E-state index >= 15 is 0 Å². The number of fused-ring (bicyclic) bond motifs is 1. The molecule has 2 heterocycles. The van der Waals surface area contributed by atoms with Gasteiger partial charge in [-0.2, -0.15) is 0 Å². The number of hydrogen-bond donors (Lipinski definition) is 1. The largest absolute Gasteiger partial charge is 0.309 e. The Morgan fingerprint density at radius 2 is 2.11 bits per heavy atom. The van der Waals surface area contributed by atoms with Gasteiger partial charge in [-0.3, -0.25) is 4.79 Å². The average Bonchev–Trinajstić information content (AvgIpc) is 2.68.